The summed E-state index contributed by atoms with van der Waals surface area (Å²) in [5.74, 6) is 0.856. The summed E-state index contributed by atoms with van der Waals surface area (Å²) in [5.41, 5.74) is 8.00. The molecule has 0 aliphatic carbocycles. The van der Waals surface area contributed by atoms with Gasteiger partial charge in [0.2, 0.25) is 0 Å². The smallest absolute Gasteiger partial charge is 0.257 e. The number of amides is 1. The van der Waals surface area contributed by atoms with Crippen molar-refractivity contribution in [3.8, 4) is 5.75 Å². The Balaban J connectivity index is 1.79. The lowest BCUT2D eigenvalue weighted by molar-refractivity contribution is 0.0729. The Morgan fingerprint density at radius 1 is 1.32 bits per heavy atom. The molecule has 0 saturated carbocycles. The quantitative estimate of drug-likeness (QED) is 0.840. The lowest BCUT2D eigenvalue weighted by atomic mass is 9.93. The number of hydrogen-bond acceptors (Lipinski definition) is 3. The molecule has 1 fully saturated rings. The number of hydrogen-bond donors (Lipinski definition) is 1. The van der Waals surface area contributed by atoms with Crippen molar-refractivity contribution >= 4 is 23.2 Å². The highest BCUT2D eigenvalue weighted by Crippen LogP contribution is 2.33. The molecule has 1 aliphatic heterocycles. The van der Waals surface area contributed by atoms with Crippen molar-refractivity contribution in [1.29, 1.82) is 0 Å². The van der Waals surface area contributed by atoms with Crippen LogP contribution < -0.4 is 10.5 Å². The zero-order valence-electron chi connectivity index (χ0n) is 14.5. The average Bonchev–Trinajstić information content (AvgIpc) is 2.98. The number of nitrogens with zero attached hydrogens (tertiary/aromatic N) is 1. The van der Waals surface area contributed by atoms with Crippen LogP contribution in [0.1, 0.15) is 29.3 Å². The van der Waals surface area contributed by atoms with Crippen molar-refractivity contribution in [2.75, 3.05) is 19.4 Å². The lowest BCUT2D eigenvalue weighted by Crippen LogP contribution is -2.36. The summed E-state index contributed by atoms with van der Waals surface area (Å²) >= 11 is 6.11. The maximum absolute atomic E-state index is 13.0. The van der Waals surface area contributed by atoms with Gasteiger partial charge in [0.25, 0.3) is 5.91 Å². The first-order valence-electron chi connectivity index (χ1n) is 8.49. The van der Waals surface area contributed by atoms with Crippen LogP contribution in [0.5, 0.6) is 5.75 Å². The Morgan fingerprint density at radius 3 is 2.72 bits per heavy atom. The summed E-state index contributed by atoms with van der Waals surface area (Å²) in [4.78, 5) is 15.0. The van der Waals surface area contributed by atoms with Gasteiger partial charge in [0.15, 0.2) is 0 Å². The minimum absolute atomic E-state index is 0.0539. The molecule has 0 aromatic heterocycles. The van der Waals surface area contributed by atoms with E-state index in [9.17, 15) is 4.79 Å². The van der Waals surface area contributed by atoms with Gasteiger partial charge in [-0.15, -0.1) is 0 Å². The third kappa shape index (κ3) is 3.59. The standard InChI is InChI=1S/C20H23ClN2O2/c1-13-15(10-14-6-4-3-5-7-14)8-9-23(13)20(24)16-11-17(21)18(22)12-19(16)25-2/h3-7,11-13,15H,8-10,22H2,1-2H3. The van der Waals surface area contributed by atoms with Crippen molar-refractivity contribution in [2.24, 2.45) is 5.92 Å². The molecule has 25 heavy (non-hydrogen) atoms. The summed E-state index contributed by atoms with van der Waals surface area (Å²) in [6.07, 6.45) is 1.97. The highest BCUT2D eigenvalue weighted by Gasteiger charge is 2.35. The molecule has 5 heteroatoms. The number of anilines is 1. The molecule has 4 nitrogen and oxygen atoms in total. The van der Waals surface area contributed by atoms with Crippen LogP contribution in [-0.4, -0.2) is 30.5 Å². The van der Waals surface area contributed by atoms with Gasteiger partial charge in [0, 0.05) is 18.7 Å². The molecule has 2 aromatic rings. The number of ether oxygens (including phenoxy) is 1. The van der Waals surface area contributed by atoms with Crippen LogP contribution in [0, 0.1) is 5.92 Å². The Bertz CT molecular complexity index is 764. The largest absolute Gasteiger partial charge is 0.496 e. The fourth-order valence-corrected chi connectivity index (χ4v) is 3.70. The van der Waals surface area contributed by atoms with Crippen molar-refractivity contribution in [1.82, 2.24) is 4.90 Å². The number of nitrogen functional groups attached to an aromatic ring is 1. The van der Waals surface area contributed by atoms with E-state index in [1.807, 2.05) is 11.0 Å². The number of benzene rings is 2. The molecular formula is C20H23ClN2O2. The fourth-order valence-electron chi connectivity index (χ4n) is 3.54. The van der Waals surface area contributed by atoms with E-state index in [4.69, 9.17) is 22.1 Å². The van der Waals surface area contributed by atoms with Crippen LogP contribution in [-0.2, 0) is 6.42 Å². The lowest BCUT2D eigenvalue weighted by Gasteiger charge is -2.26. The Labute approximate surface area is 153 Å². The topological polar surface area (TPSA) is 55.6 Å². The molecule has 0 bridgehead atoms. The normalized spacial score (nSPS) is 19.9. The first kappa shape index (κ1) is 17.6. The van der Waals surface area contributed by atoms with Crippen LogP contribution in [0.3, 0.4) is 0 Å². The van der Waals surface area contributed by atoms with E-state index in [0.717, 1.165) is 19.4 Å². The first-order valence-corrected chi connectivity index (χ1v) is 8.87. The van der Waals surface area contributed by atoms with Gasteiger partial charge >= 0.3 is 0 Å². The van der Waals surface area contributed by atoms with E-state index < -0.39 is 0 Å². The van der Waals surface area contributed by atoms with Crippen molar-refractivity contribution in [2.45, 2.75) is 25.8 Å². The van der Waals surface area contributed by atoms with E-state index in [1.165, 1.54) is 12.7 Å². The van der Waals surface area contributed by atoms with Gasteiger partial charge in [-0.3, -0.25) is 4.79 Å². The zero-order chi connectivity index (χ0) is 18.0. The molecule has 2 aromatic carbocycles. The first-order chi connectivity index (χ1) is 12.0. The minimum atomic E-state index is -0.0539. The molecule has 2 N–H and O–H groups in total. The Morgan fingerprint density at radius 2 is 2.04 bits per heavy atom. The Hall–Kier alpha value is -2.20. The third-order valence-electron chi connectivity index (χ3n) is 5.07. The van der Waals surface area contributed by atoms with Crippen LogP contribution in [0.15, 0.2) is 42.5 Å². The van der Waals surface area contributed by atoms with Crippen LogP contribution in [0.4, 0.5) is 5.69 Å². The monoisotopic (exact) mass is 358 g/mol. The van der Waals surface area contributed by atoms with Gasteiger partial charge in [-0.25, -0.2) is 0 Å². The second-order valence-electron chi connectivity index (χ2n) is 6.55. The zero-order valence-corrected chi connectivity index (χ0v) is 15.3. The van der Waals surface area contributed by atoms with Crippen molar-refractivity contribution in [3.05, 3.63) is 58.6 Å². The molecule has 1 amide bonds. The molecule has 0 radical (unpaired) electrons. The highest BCUT2D eigenvalue weighted by molar-refractivity contribution is 6.33. The van der Waals surface area contributed by atoms with Gasteiger partial charge in [-0.2, -0.15) is 0 Å². The number of rotatable bonds is 4. The minimum Gasteiger partial charge on any atom is -0.496 e. The van der Waals surface area contributed by atoms with Crippen LogP contribution in [0.25, 0.3) is 0 Å². The number of nitrogens with two attached hydrogens (primary N) is 1. The van der Waals surface area contributed by atoms with Gasteiger partial charge in [0.05, 0.1) is 23.4 Å². The average molecular weight is 359 g/mol. The van der Waals surface area contributed by atoms with Gasteiger partial charge in [-0.1, -0.05) is 41.9 Å². The molecule has 3 rings (SSSR count). The maximum atomic E-state index is 13.0. The predicted molar refractivity (Wildman–Crippen MR) is 101 cm³/mol. The second-order valence-corrected chi connectivity index (χ2v) is 6.96. The SMILES string of the molecule is COc1cc(N)c(Cl)cc1C(=O)N1CCC(Cc2ccccc2)C1C. The highest BCUT2D eigenvalue weighted by atomic mass is 35.5. The molecule has 1 saturated heterocycles. The number of methoxy groups -OCH3 is 1. The third-order valence-corrected chi connectivity index (χ3v) is 5.39. The molecule has 1 aliphatic rings. The maximum Gasteiger partial charge on any atom is 0.257 e. The molecule has 0 spiro atoms. The fraction of sp³-hybridized carbons (Fsp3) is 0.350. The number of halogens is 1. The summed E-state index contributed by atoms with van der Waals surface area (Å²) in [6, 6.07) is 13.8. The number of carbonyl (C=O) groups excluding carboxylic acids is 1. The van der Waals surface area contributed by atoms with E-state index in [0.29, 0.717) is 27.9 Å². The molecule has 2 atom stereocenters. The van der Waals surface area contributed by atoms with Crippen molar-refractivity contribution in [3.63, 3.8) is 0 Å². The van der Waals surface area contributed by atoms with E-state index in [2.05, 4.69) is 31.2 Å². The van der Waals surface area contributed by atoms with Gasteiger partial charge < -0.3 is 15.4 Å². The van der Waals surface area contributed by atoms with Crippen LogP contribution in [0.2, 0.25) is 5.02 Å². The van der Waals surface area contributed by atoms with Gasteiger partial charge in [0.1, 0.15) is 5.75 Å². The molecule has 132 valence electrons. The van der Waals surface area contributed by atoms with E-state index in [-0.39, 0.29) is 11.9 Å². The van der Waals surface area contributed by atoms with E-state index >= 15 is 0 Å². The van der Waals surface area contributed by atoms with Crippen molar-refractivity contribution < 1.29 is 9.53 Å². The van der Waals surface area contributed by atoms with E-state index in [1.54, 1.807) is 12.1 Å². The number of likely N-dealkylation sites (tertiary alicyclic amines) is 1. The summed E-state index contributed by atoms with van der Waals surface area (Å²) in [5, 5.41) is 0.372. The summed E-state index contributed by atoms with van der Waals surface area (Å²) < 4.78 is 5.33. The van der Waals surface area contributed by atoms with Gasteiger partial charge in [-0.05, 0) is 37.3 Å². The summed E-state index contributed by atoms with van der Waals surface area (Å²) in [7, 11) is 1.53. The van der Waals surface area contributed by atoms with Crippen LogP contribution >= 0.6 is 11.6 Å². The second kappa shape index (κ2) is 7.36. The molecular weight excluding hydrogens is 336 g/mol. The summed E-state index contributed by atoms with van der Waals surface area (Å²) in [6.45, 7) is 2.85. The predicted octanol–water partition coefficient (Wildman–Crippen LogP) is 4.02. The molecule has 2 unspecified atom stereocenters. The molecule has 1 heterocycles. The Kier molecular flexibility index (Phi) is 5.19. The number of carbonyl (C=O) groups is 1.